The molecule has 2 aromatic rings. The number of hydrogen-bond acceptors (Lipinski definition) is 5. The molecular weight excluding hydrogens is 346 g/mol. The van der Waals surface area contributed by atoms with E-state index in [-0.39, 0.29) is 18.4 Å². The first-order valence-electron chi connectivity index (χ1n) is 8.66. The SMILES string of the molecule is COc1ccc(CC(=O)NC(C)c2cc(OC)c(OC)cc2C)cc1OC. The third kappa shape index (κ3) is 4.84. The van der Waals surface area contributed by atoms with Crippen molar-refractivity contribution >= 4 is 5.91 Å². The zero-order valence-electron chi connectivity index (χ0n) is 16.7. The molecule has 146 valence electrons. The molecular formula is C21H27NO5. The topological polar surface area (TPSA) is 66.0 Å². The molecule has 2 aromatic carbocycles. The van der Waals surface area contributed by atoms with Crippen LogP contribution >= 0.6 is 0 Å². The van der Waals surface area contributed by atoms with E-state index < -0.39 is 0 Å². The number of carbonyl (C=O) groups excluding carboxylic acids is 1. The largest absolute Gasteiger partial charge is 0.493 e. The summed E-state index contributed by atoms with van der Waals surface area (Å²) in [4.78, 5) is 12.5. The number of ether oxygens (including phenoxy) is 4. The Balaban J connectivity index is 2.12. The molecule has 0 aromatic heterocycles. The highest BCUT2D eigenvalue weighted by molar-refractivity contribution is 5.79. The van der Waals surface area contributed by atoms with Crippen molar-refractivity contribution in [1.29, 1.82) is 0 Å². The second-order valence-corrected chi connectivity index (χ2v) is 6.22. The maximum atomic E-state index is 12.5. The van der Waals surface area contributed by atoms with Gasteiger partial charge in [-0.25, -0.2) is 0 Å². The molecule has 1 atom stereocenters. The Bertz CT molecular complexity index is 803. The van der Waals surface area contributed by atoms with Gasteiger partial charge in [0.2, 0.25) is 5.91 Å². The molecule has 0 radical (unpaired) electrons. The van der Waals surface area contributed by atoms with E-state index in [0.717, 1.165) is 16.7 Å². The van der Waals surface area contributed by atoms with Crippen molar-refractivity contribution in [2.24, 2.45) is 0 Å². The van der Waals surface area contributed by atoms with E-state index in [1.165, 1.54) is 0 Å². The van der Waals surface area contributed by atoms with Crippen molar-refractivity contribution in [3.05, 3.63) is 47.0 Å². The van der Waals surface area contributed by atoms with Crippen LogP contribution in [-0.4, -0.2) is 34.3 Å². The lowest BCUT2D eigenvalue weighted by Crippen LogP contribution is -2.28. The highest BCUT2D eigenvalue weighted by Gasteiger charge is 2.16. The van der Waals surface area contributed by atoms with Crippen molar-refractivity contribution in [2.75, 3.05) is 28.4 Å². The monoisotopic (exact) mass is 373 g/mol. The predicted molar refractivity (Wildman–Crippen MR) is 104 cm³/mol. The maximum Gasteiger partial charge on any atom is 0.224 e. The number of benzene rings is 2. The second kappa shape index (κ2) is 9.16. The highest BCUT2D eigenvalue weighted by atomic mass is 16.5. The molecule has 0 saturated heterocycles. The summed E-state index contributed by atoms with van der Waals surface area (Å²) in [7, 11) is 6.35. The summed E-state index contributed by atoms with van der Waals surface area (Å²) in [6.07, 6.45) is 0.247. The van der Waals surface area contributed by atoms with Crippen molar-refractivity contribution < 1.29 is 23.7 Å². The zero-order chi connectivity index (χ0) is 20.0. The molecule has 0 bridgehead atoms. The number of amides is 1. The third-order valence-corrected chi connectivity index (χ3v) is 4.43. The number of carbonyl (C=O) groups is 1. The fourth-order valence-electron chi connectivity index (χ4n) is 3.01. The highest BCUT2D eigenvalue weighted by Crippen LogP contribution is 2.33. The first kappa shape index (κ1) is 20.4. The minimum atomic E-state index is -0.169. The summed E-state index contributed by atoms with van der Waals surface area (Å²) in [5.74, 6) is 2.47. The van der Waals surface area contributed by atoms with Gasteiger partial charge < -0.3 is 24.3 Å². The van der Waals surface area contributed by atoms with E-state index in [2.05, 4.69) is 5.32 Å². The molecule has 0 aliphatic carbocycles. The van der Waals surface area contributed by atoms with Gasteiger partial charge >= 0.3 is 0 Å². The smallest absolute Gasteiger partial charge is 0.224 e. The van der Waals surface area contributed by atoms with E-state index in [4.69, 9.17) is 18.9 Å². The minimum Gasteiger partial charge on any atom is -0.493 e. The summed E-state index contributed by atoms with van der Waals surface area (Å²) in [6.45, 7) is 3.93. The Kier molecular flexibility index (Phi) is 6.93. The molecule has 1 amide bonds. The van der Waals surface area contributed by atoms with Gasteiger partial charge in [0, 0.05) is 0 Å². The molecule has 6 nitrogen and oxygen atoms in total. The van der Waals surface area contributed by atoms with Crippen LogP contribution in [0.2, 0.25) is 0 Å². The van der Waals surface area contributed by atoms with Gasteiger partial charge in [0.15, 0.2) is 23.0 Å². The second-order valence-electron chi connectivity index (χ2n) is 6.22. The first-order valence-corrected chi connectivity index (χ1v) is 8.66. The lowest BCUT2D eigenvalue weighted by molar-refractivity contribution is -0.121. The molecule has 0 heterocycles. The molecule has 1 unspecified atom stereocenters. The van der Waals surface area contributed by atoms with Crippen LogP contribution < -0.4 is 24.3 Å². The number of rotatable bonds is 8. The Morgan fingerprint density at radius 3 is 2.04 bits per heavy atom. The fourth-order valence-corrected chi connectivity index (χ4v) is 3.01. The maximum absolute atomic E-state index is 12.5. The van der Waals surface area contributed by atoms with Crippen LogP contribution in [0.3, 0.4) is 0 Å². The molecule has 0 fully saturated rings. The number of methoxy groups -OCH3 is 4. The van der Waals surface area contributed by atoms with Crippen molar-refractivity contribution in [3.63, 3.8) is 0 Å². The molecule has 27 heavy (non-hydrogen) atoms. The van der Waals surface area contributed by atoms with Crippen LogP contribution in [-0.2, 0) is 11.2 Å². The Labute approximate surface area is 160 Å². The first-order chi connectivity index (χ1) is 12.9. The minimum absolute atomic E-state index is 0.0797. The van der Waals surface area contributed by atoms with Gasteiger partial charge in [0.1, 0.15) is 0 Å². The van der Waals surface area contributed by atoms with Crippen molar-refractivity contribution in [2.45, 2.75) is 26.3 Å². The number of aryl methyl sites for hydroxylation is 1. The lowest BCUT2D eigenvalue weighted by Gasteiger charge is -2.19. The third-order valence-electron chi connectivity index (χ3n) is 4.43. The number of nitrogens with one attached hydrogen (secondary N) is 1. The predicted octanol–water partition coefficient (Wildman–Crippen LogP) is 3.45. The van der Waals surface area contributed by atoms with Crippen LogP contribution in [0.15, 0.2) is 30.3 Å². The summed E-state index contributed by atoms with van der Waals surface area (Å²) in [5.41, 5.74) is 2.85. The normalized spacial score (nSPS) is 11.5. The molecule has 0 aliphatic heterocycles. The summed E-state index contributed by atoms with van der Waals surface area (Å²) < 4.78 is 21.2. The van der Waals surface area contributed by atoms with Gasteiger partial charge in [-0.3, -0.25) is 4.79 Å². The Morgan fingerprint density at radius 1 is 0.889 bits per heavy atom. The van der Waals surface area contributed by atoms with E-state index in [1.807, 2.05) is 38.1 Å². The summed E-state index contributed by atoms with van der Waals surface area (Å²) in [5, 5.41) is 3.03. The van der Waals surface area contributed by atoms with Gasteiger partial charge in [-0.1, -0.05) is 6.07 Å². The molecule has 2 rings (SSSR count). The van der Waals surface area contributed by atoms with Gasteiger partial charge in [0.05, 0.1) is 40.9 Å². The zero-order valence-corrected chi connectivity index (χ0v) is 16.7. The summed E-state index contributed by atoms with van der Waals surface area (Å²) >= 11 is 0. The molecule has 0 spiro atoms. The average Bonchev–Trinajstić information content (AvgIpc) is 2.67. The van der Waals surface area contributed by atoms with E-state index in [0.29, 0.717) is 23.0 Å². The fraction of sp³-hybridized carbons (Fsp3) is 0.381. The molecule has 6 heteroatoms. The van der Waals surface area contributed by atoms with E-state index in [9.17, 15) is 4.79 Å². The van der Waals surface area contributed by atoms with E-state index in [1.54, 1.807) is 34.5 Å². The summed E-state index contributed by atoms with van der Waals surface area (Å²) in [6, 6.07) is 9.10. The average molecular weight is 373 g/mol. The number of hydrogen-bond donors (Lipinski definition) is 1. The standard InChI is InChI=1S/C21H27NO5/c1-13-9-18(25-4)20(27-6)12-16(13)14(2)22-21(23)11-15-7-8-17(24-3)19(10-15)26-5/h7-10,12,14H,11H2,1-6H3,(H,22,23). The molecule has 0 saturated carbocycles. The van der Waals surface area contributed by atoms with Crippen LogP contribution in [0.25, 0.3) is 0 Å². The van der Waals surface area contributed by atoms with E-state index >= 15 is 0 Å². The van der Waals surface area contributed by atoms with Crippen molar-refractivity contribution in [3.8, 4) is 23.0 Å². The molecule has 0 aliphatic rings. The van der Waals surface area contributed by atoms with Gasteiger partial charge in [-0.05, 0) is 54.8 Å². The van der Waals surface area contributed by atoms with Crippen LogP contribution in [0.4, 0.5) is 0 Å². The Hall–Kier alpha value is -2.89. The van der Waals surface area contributed by atoms with Gasteiger partial charge in [-0.15, -0.1) is 0 Å². The van der Waals surface area contributed by atoms with Crippen LogP contribution in [0.5, 0.6) is 23.0 Å². The quantitative estimate of drug-likeness (QED) is 0.768. The Morgan fingerprint density at radius 2 is 1.44 bits per heavy atom. The van der Waals surface area contributed by atoms with Crippen LogP contribution in [0.1, 0.15) is 29.7 Å². The van der Waals surface area contributed by atoms with Gasteiger partial charge in [0.25, 0.3) is 0 Å². The van der Waals surface area contributed by atoms with Crippen molar-refractivity contribution in [1.82, 2.24) is 5.32 Å². The lowest BCUT2D eigenvalue weighted by atomic mass is 10.0. The molecule has 1 N–H and O–H groups in total. The van der Waals surface area contributed by atoms with Crippen LogP contribution in [0, 0.1) is 6.92 Å². The van der Waals surface area contributed by atoms with Gasteiger partial charge in [-0.2, -0.15) is 0 Å².